The summed E-state index contributed by atoms with van der Waals surface area (Å²) in [4.78, 5) is 0. The van der Waals surface area contributed by atoms with Gasteiger partial charge in [0.2, 0.25) is 0 Å². The molecule has 0 aliphatic carbocycles. The molecular weight excluding hydrogens is 148 g/mol. The molecule has 0 fully saturated rings. The Morgan fingerprint density at radius 2 is 2.17 bits per heavy atom. The van der Waals surface area contributed by atoms with Crippen molar-refractivity contribution in [2.24, 2.45) is 0 Å². The van der Waals surface area contributed by atoms with Crippen molar-refractivity contribution in [3.05, 3.63) is 29.8 Å². The Morgan fingerprint density at radius 1 is 1.42 bits per heavy atom. The second-order valence-corrected chi connectivity index (χ2v) is 2.52. The van der Waals surface area contributed by atoms with Crippen LogP contribution in [0.3, 0.4) is 0 Å². The molecule has 1 rings (SSSR count). The van der Waals surface area contributed by atoms with Gasteiger partial charge in [0, 0.05) is 6.42 Å². The summed E-state index contributed by atoms with van der Waals surface area (Å²) in [5, 5.41) is 0. The highest BCUT2D eigenvalue weighted by Crippen LogP contribution is 2.18. The Bertz CT molecular complexity index is 283. The first-order chi connectivity index (χ1) is 5.88. The van der Waals surface area contributed by atoms with E-state index in [9.17, 15) is 0 Å². The highest BCUT2D eigenvalue weighted by molar-refractivity contribution is 5.33. The van der Waals surface area contributed by atoms with Gasteiger partial charge in [0.1, 0.15) is 5.75 Å². The van der Waals surface area contributed by atoms with Gasteiger partial charge in [-0.2, -0.15) is 0 Å². The van der Waals surface area contributed by atoms with Crippen LogP contribution in [-0.4, -0.2) is 7.11 Å². The summed E-state index contributed by atoms with van der Waals surface area (Å²) < 4.78 is 5.17. The number of terminal acetylenes is 1. The molecule has 12 heavy (non-hydrogen) atoms. The van der Waals surface area contributed by atoms with E-state index in [2.05, 4.69) is 5.92 Å². The maximum Gasteiger partial charge on any atom is 0.122 e. The lowest BCUT2D eigenvalue weighted by molar-refractivity contribution is 0.410. The van der Waals surface area contributed by atoms with Gasteiger partial charge in [-0.15, -0.1) is 12.3 Å². The smallest absolute Gasteiger partial charge is 0.122 e. The average Bonchev–Trinajstić information content (AvgIpc) is 2.15. The van der Waals surface area contributed by atoms with Crippen LogP contribution in [-0.2, 0) is 6.42 Å². The van der Waals surface area contributed by atoms with Crippen LogP contribution in [0.5, 0.6) is 5.75 Å². The van der Waals surface area contributed by atoms with Gasteiger partial charge in [0.15, 0.2) is 0 Å². The van der Waals surface area contributed by atoms with E-state index in [1.165, 1.54) is 5.56 Å². The molecule has 0 aliphatic heterocycles. The summed E-state index contributed by atoms with van der Waals surface area (Å²) in [7, 11) is 1.68. The molecule has 0 bridgehead atoms. The molecule has 0 saturated carbocycles. The van der Waals surface area contributed by atoms with E-state index in [1.807, 2.05) is 24.3 Å². The van der Waals surface area contributed by atoms with Gasteiger partial charge < -0.3 is 4.74 Å². The van der Waals surface area contributed by atoms with Gasteiger partial charge in [0.05, 0.1) is 7.11 Å². The van der Waals surface area contributed by atoms with Crippen molar-refractivity contribution in [3.63, 3.8) is 0 Å². The van der Waals surface area contributed by atoms with Crippen molar-refractivity contribution in [2.75, 3.05) is 7.11 Å². The fraction of sp³-hybridized carbons (Fsp3) is 0.273. The number of methoxy groups -OCH3 is 1. The SMILES string of the molecule is C#CCCc1ccccc1OC. The maximum atomic E-state index is 5.18. The Hall–Kier alpha value is -1.42. The minimum Gasteiger partial charge on any atom is -0.496 e. The highest BCUT2D eigenvalue weighted by Gasteiger charge is 1.98. The van der Waals surface area contributed by atoms with Crippen molar-refractivity contribution >= 4 is 0 Å². The van der Waals surface area contributed by atoms with Gasteiger partial charge in [-0.3, -0.25) is 0 Å². The number of benzene rings is 1. The van der Waals surface area contributed by atoms with Crippen molar-refractivity contribution in [1.29, 1.82) is 0 Å². The van der Waals surface area contributed by atoms with Crippen LogP contribution in [0.15, 0.2) is 24.3 Å². The molecule has 0 radical (unpaired) electrons. The third-order valence-corrected chi connectivity index (χ3v) is 1.73. The summed E-state index contributed by atoms with van der Waals surface area (Å²) in [5.74, 6) is 3.54. The number of para-hydroxylation sites is 1. The molecule has 62 valence electrons. The Balaban J connectivity index is 2.76. The van der Waals surface area contributed by atoms with E-state index >= 15 is 0 Å². The van der Waals surface area contributed by atoms with Crippen molar-refractivity contribution < 1.29 is 4.74 Å². The van der Waals surface area contributed by atoms with Crippen LogP contribution in [0.2, 0.25) is 0 Å². The van der Waals surface area contributed by atoms with Crippen LogP contribution in [0.25, 0.3) is 0 Å². The molecule has 0 N–H and O–H groups in total. The predicted molar refractivity (Wildman–Crippen MR) is 50.1 cm³/mol. The topological polar surface area (TPSA) is 9.23 Å². The van der Waals surface area contributed by atoms with E-state index in [4.69, 9.17) is 11.2 Å². The zero-order valence-corrected chi connectivity index (χ0v) is 7.21. The van der Waals surface area contributed by atoms with Crippen molar-refractivity contribution in [2.45, 2.75) is 12.8 Å². The average molecular weight is 160 g/mol. The van der Waals surface area contributed by atoms with Gasteiger partial charge in [-0.05, 0) is 18.1 Å². The quantitative estimate of drug-likeness (QED) is 0.616. The summed E-state index contributed by atoms with van der Waals surface area (Å²) in [6, 6.07) is 7.94. The third-order valence-electron chi connectivity index (χ3n) is 1.73. The van der Waals surface area contributed by atoms with Crippen LogP contribution in [0, 0.1) is 12.3 Å². The molecule has 0 aliphatic rings. The highest BCUT2D eigenvalue weighted by atomic mass is 16.5. The molecule has 0 amide bonds. The van der Waals surface area contributed by atoms with Crippen LogP contribution in [0.4, 0.5) is 0 Å². The van der Waals surface area contributed by atoms with E-state index in [1.54, 1.807) is 7.11 Å². The molecular formula is C11H12O. The molecule has 0 heterocycles. The normalized spacial score (nSPS) is 9.00. The summed E-state index contributed by atoms with van der Waals surface area (Å²) in [5.41, 5.74) is 1.18. The molecule has 1 heteroatoms. The molecule has 1 aromatic carbocycles. The Morgan fingerprint density at radius 3 is 2.83 bits per heavy atom. The van der Waals surface area contributed by atoms with E-state index in [0.29, 0.717) is 0 Å². The Labute approximate surface area is 73.4 Å². The minimum absolute atomic E-state index is 0.764. The standard InChI is InChI=1S/C11H12O/c1-3-4-7-10-8-5-6-9-11(10)12-2/h1,5-6,8-9H,4,7H2,2H3. The van der Waals surface area contributed by atoms with Gasteiger partial charge in [-0.1, -0.05) is 18.2 Å². The second-order valence-electron chi connectivity index (χ2n) is 2.52. The monoisotopic (exact) mass is 160 g/mol. The van der Waals surface area contributed by atoms with Crippen molar-refractivity contribution in [3.8, 4) is 18.1 Å². The first-order valence-corrected chi connectivity index (χ1v) is 3.94. The fourth-order valence-electron chi connectivity index (χ4n) is 1.12. The fourth-order valence-corrected chi connectivity index (χ4v) is 1.12. The second kappa shape index (κ2) is 4.46. The largest absolute Gasteiger partial charge is 0.496 e. The third kappa shape index (κ3) is 2.03. The number of hydrogen-bond donors (Lipinski definition) is 0. The van der Waals surface area contributed by atoms with Gasteiger partial charge in [-0.25, -0.2) is 0 Å². The summed E-state index contributed by atoms with van der Waals surface area (Å²) in [6.07, 6.45) is 6.83. The van der Waals surface area contributed by atoms with E-state index < -0.39 is 0 Å². The van der Waals surface area contributed by atoms with E-state index in [0.717, 1.165) is 18.6 Å². The van der Waals surface area contributed by atoms with Crippen LogP contribution >= 0.6 is 0 Å². The Kier molecular flexibility index (Phi) is 3.22. The van der Waals surface area contributed by atoms with Crippen LogP contribution < -0.4 is 4.74 Å². The lowest BCUT2D eigenvalue weighted by atomic mass is 10.1. The number of rotatable bonds is 3. The lowest BCUT2D eigenvalue weighted by Gasteiger charge is -2.05. The van der Waals surface area contributed by atoms with Crippen molar-refractivity contribution in [1.82, 2.24) is 0 Å². The molecule has 1 nitrogen and oxygen atoms in total. The van der Waals surface area contributed by atoms with Crippen LogP contribution in [0.1, 0.15) is 12.0 Å². The zero-order chi connectivity index (χ0) is 8.81. The lowest BCUT2D eigenvalue weighted by Crippen LogP contribution is -1.90. The molecule has 0 saturated heterocycles. The summed E-state index contributed by atoms with van der Waals surface area (Å²) in [6.45, 7) is 0. The first-order valence-electron chi connectivity index (χ1n) is 3.94. The molecule has 0 atom stereocenters. The van der Waals surface area contributed by atoms with Gasteiger partial charge in [0.25, 0.3) is 0 Å². The number of hydrogen-bond acceptors (Lipinski definition) is 1. The van der Waals surface area contributed by atoms with Gasteiger partial charge >= 0.3 is 0 Å². The molecule has 0 unspecified atom stereocenters. The molecule has 0 aromatic heterocycles. The summed E-state index contributed by atoms with van der Waals surface area (Å²) >= 11 is 0. The molecule has 1 aromatic rings. The number of ether oxygens (including phenoxy) is 1. The first kappa shape index (κ1) is 8.67. The van der Waals surface area contributed by atoms with E-state index in [-0.39, 0.29) is 0 Å². The molecule has 0 spiro atoms. The minimum atomic E-state index is 0.764. The number of aryl methyl sites for hydroxylation is 1. The zero-order valence-electron chi connectivity index (χ0n) is 7.21. The maximum absolute atomic E-state index is 5.18. The predicted octanol–water partition coefficient (Wildman–Crippen LogP) is 2.26.